The largest absolute Gasteiger partial charge is 0.462 e. The molecule has 22 heavy (non-hydrogen) atoms. The van der Waals surface area contributed by atoms with E-state index in [-0.39, 0.29) is 30.0 Å². The average molecular weight is 311 g/mol. The molecule has 1 aliphatic heterocycles. The highest BCUT2D eigenvalue weighted by Gasteiger charge is 2.52. The molecular weight excluding hydrogens is 282 g/mol. The molecule has 0 aromatic rings. The first kappa shape index (κ1) is 18.7. The molecule has 5 heteroatoms. The monoisotopic (exact) mass is 311 g/mol. The van der Waals surface area contributed by atoms with E-state index in [9.17, 15) is 9.59 Å². The first-order chi connectivity index (χ1) is 10.2. The van der Waals surface area contributed by atoms with Crippen LogP contribution in [-0.4, -0.2) is 34.2 Å². The molecule has 0 N–H and O–H groups in total. The molecular formula is C17H29NO4. The van der Waals surface area contributed by atoms with Crippen LogP contribution in [0.25, 0.3) is 0 Å². The van der Waals surface area contributed by atoms with Gasteiger partial charge in [-0.2, -0.15) is 0 Å². The number of carbonyl (C=O) groups is 2. The van der Waals surface area contributed by atoms with Gasteiger partial charge in [0.2, 0.25) is 0 Å². The fraction of sp³-hybridized carbons (Fsp3) is 0.765. The van der Waals surface area contributed by atoms with Crippen molar-refractivity contribution in [1.29, 1.82) is 0 Å². The summed E-state index contributed by atoms with van der Waals surface area (Å²) in [7, 11) is 0. The third-order valence-electron chi connectivity index (χ3n) is 4.46. The quantitative estimate of drug-likeness (QED) is 0.556. The van der Waals surface area contributed by atoms with Crippen LogP contribution in [0.2, 0.25) is 0 Å². The van der Waals surface area contributed by atoms with E-state index in [1.54, 1.807) is 6.08 Å². The lowest BCUT2D eigenvalue weighted by Gasteiger charge is -2.54. The predicted molar refractivity (Wildman–Crippen MR) is 84.9 cm³/mol. The molecule has 0 aromatic carbocycles. The van der Waals surface area contributed by atoms with E-state index < -0.39 is 5.54 Å². The maximum Gasteiger partial charge on any atom is 0.322 e. The number of piperidine rings is 1. The second-order valence-corrected chi connectivity index (χ2v) is 6.63. The summed E-state index contributed by atoms with van der Waals surface area (Å²) in [6.45, 7) is 13.2. The number of nitrogens with zero attached hydrogens (tertiary/aromatic N) is 1. The summed E-state index contributed by atoms with van der Waals surface area (Å²) < 4.78 is 5.60. The third kappa shape index (κ3) is 4.09. The fourth-order valence-corrected chi connectivity index (χ4v) is 3.47. The van der Waals surface area contributed by atoms with Crippen LogP contribution in [-0.2, 0) is 19.2 Å². The van der Waals surface area contributed by atoms with Gasteiger partial charge in [-0.1, -0.05) is 19.9 Å². The lowest BCUT2D eigenvalue weighted by atomic mass is 9.75. The Labute approximate surface area is 133 Å². The zero-order valence-electron chi connectivity index (χ0n) is 14.5. The van der Waals surface area contributed by atoms with E-state index in [2.05, 4.69) is 20.4 Å². The van der Waals surface area contributed by atoms with Crippen molar-refractivity contribution in [2.75, 3.05) is 0 Å². The van der Waals surface area contributed by atoms with Gasteiger partial charge in [-0.25, -0.2) is 0 Å². The van der Waals surface area contributed by atoms with Crippen molar-refractivity contribution in [2.24, 2.45) is 0 Å². The van der Waals surface area contributed by atoms with E-state index in [0.29, 0.717) is 12.8 Å². The van der Waals surface area contributed by atoms with E-state index in [0.717, 1.165) is 12.8 Å². The molecule has 0 aromatic heterocycles. The summed E-state index contributed by atoms with van der Waals surface area (Å²) >= 11 is 0. The van der Waals surface area contributed by atoms with Gasteiger partial charge in [0.05, 0.1) is 17.5 Å². The van der Waals surface area contributed by atoms with Crippen LogP contribution in [0.3, 0.4) is 0 Å². The SMILES string of the molecule is C=CCC(=O)OC1CC(C)(C)N(OC(C)=O)C(CC)(CC)C1. The summed E-state index contributed by atoms with van der Waals surface area (Å²) in [6.07, 6.45) is 4.52. The first-order valence-corrected chi connectivity index (χ1v) is 8.00. The molecule has 1 rings (SSSR count). The number of hydrogen-bond acceptors (Lipinski definition) is 5. The Bertz CT molecular complexity index is 426. The van der Waals surface area contributed by atoms with Crippen molar-refractivity contribution < 1.29 is 19.2 Å². The molecule has 1 heterocycles. The zero-order valence-corrected chi connectivity index (χ0v) is 14.5. The molecule has 0 saturated carbocycles. The van der Waals surface area contributed by atoms with Crippen LogP contribution in [0, 0.1) is 0 Å². The van der Waals surface area contributed by atoms with Gasteiger partial charge in [0.15, 0.2) is 0 Å². The Morgan fingerprint density at radius 3 is 2.32 bits per heavy atom. The van der Waals surface area contributed by atoms with Crippen LogP contribution in [0.1, 0.15) is 66.7 Å². The number of carbonyl (C=O) groups excluding carboxylic acids is 2. The van der Waals surface area contributed by atoms with Gasteiger partial charge in [0.1, 0.15) is 6.10 Å². The maximum atomic E-state index is 11.8. The van der Waals surface area contributed by atoms with E-state index in [1.807, 2.05) is 18.9 Å². The smallest absolute Gasteiger partial charge is 0.322 e. The molecule has 1 saturated heterocycles. The molecule has 0 spiro atoms. The molecule has 0 amide bonds. The number of ether oxygens (including phenoxy) is 1. The van der Waals surface area contributed by atoms with Gasteiger partial charge in [-0.15, -0.1) is 11.6 Å². The zero-order chi connectivity index (χ0) is 17.0. The Morgan fingerprint density at radius 2 is 1.86 bits per heavy atom. The van der Waals surface area contributed by atoms with Gasteiger partial charge >= 0.3 is 11.9 Å². The Kier molecular flexibility index (Phi) is 6.17. The van der Waals surface area contributed by atoms with E-state index in [1.165, 1.54) is 6.92 Å². The minimum Gasteiger partial charge on any atom is -0.462 e. The minimum absolute atomic E-state index is 0.172. The van der Waals surface area contributed by atoms with Crippen LogP contribution >= 0.6 is 0 Å². The van der Waals surface area contributed by atoms with Gasteiger partial charge in [-0.05, 0) is 26.7 Å². The molecule has 1 unspecified atom stereocenters. The second kappa shape index (κ2) is 7.27. The van der Waals surface area contributed by atoms with E-state index in [4.69, 9.17) is 9.57 Å². The Hall–Kier alpha value is -1.36. The Balaban J connectivity index is 3.03. The number of hydroxylamine groups is 2. The normalized spacial score (nSPS) is 23.6. The third-order valence-corrected chi connectivity index (χ3v) is 4.46. The summed E-state index contributed by atoms with van der Waals surface area (Å²) in [4.78, 5) is 28.8. The molecule has 0 bridgehead atoms. The lowest BCUT2D eigenvalue weighted by Crippen LogP contribution is -2.64. The van der Waals surface area contributed by atoms with Crippen LogP contribution in [0.15, 0.2) is 12.7 Å². The van der Waals surface area contributed by atoms with Crippen molar-refractivity contribution in [3.8, 4) is 0 Å². The van der Waals surface area contributed by atoms with E-state index >= 15 is 0 Å². The summed E-state index contributed by atoms with van der Waals surface area (Å²) in [5.41, 5.74) is -0.707. The lowest BCUT2D eigenvalue weighted by molar-refractivity contribution is -0.285. The minimum atomic E-state index is -0.394. The number of hydrogen-bond donors (Lipinski definition) is 0. The van der Waals surface area contributed by atoms with Crippen LogP contribution in [0.4, 0.5) is 0 Å². The molecule has 0 aliphatic carbocycles. The molecule has 1 fully saturated rings. The molecule has 1 aliphatic rings. The van der Waals surface area contributed by atoms with Gasteiger partial charge in [0, 0.05) is 19.8 Å². The summed E-state index contributed by atoms with van der Waals surface area (Å²) in [6, 6.07) is 0. The van der Waals surface area contributed by atoms with Crippen molar-refractivity contribution in [1.82, 2.24) is 5.06 Å². The fourth-order valence-electron chi connectivity index (χ4n) is 3.47. The highest BCUT2D eigenvalue weighted by atomic mass is 16.7. The Morgan fingerprint density at radius 1 is 1.27 bits per heavy atom. The summed E-state index contributed by atoms with van der Waals surface area (Å²) in [5.74, 6) is -0.570. The predicted octanol–water partition coefficient (Wildman–Crippen LogP) is 3.39. The van der Waals surface area contributed by atoms with Crippen LogP contribution < -0.4 is 0 Å². The topological polar surface area (TPSA) is 55.8 Å². The summed E-state index contributed by atoms with van der Waals surface area (Å²) in [5, 5.41) is 1.83. The molecule has 5 nitrogen and oxygen atoms in total. The highest BCUT2D eigenvalue weighted by molar-refractivity contribution is 5.71. The van der Waals surface area contributed by atoms with Gasteiger partial charge in [0.25, 0.3) is 0 Å². The number of rotatable bonds is 6. The van der Waals surface area contributed by atoms with Gasteiger partial charge in [-0.3, -0.25) is 9.59 Å². The van der Waals surface area contributed by atoms with Crippen molar-refractivity contribution in [3.63, 3.8) is 0 Å². The van der Waals surface area contributed by atoms with Crippen molar-refractivity contribution in [2.45, 2.75) is 83.9 Å². The molecule has 0 radical (unpaired) electrons. The first-order valence-electron chi connectivity index (χ1n) is 8.00. The average Bonchev–Trinajstić information content (AvgIpc) is 2.41. The van der Waals surface area contributed by atoms with Gasteiger partial charge < -0.3 is 9.57 Å². The maximum absolute atomic E-state index is 11.8. The van der Waals surface area contributed by atoms with Crippen molar-refractivity contribution >= 4 is 11.9 Å². The standard InChI is InChI=1S/C17H29NO4/c1-7-10-15(20)21-14-11-16(5,6)18(22-13(4)19)17(8-2,9-3)12-14/h7,14H,1,8-12H2,2-6H3. The molecule has 126 valence electrons. The highest BCUT2D eigenvalue weighted by Crippen LogP contribution is 2.43. The van der Waals surface area contributed by atoms with Crippen LogP contribution in [0.5, 0.6) is 0 Å². The molecule has 1 atom stereocenters. The number of esters is 1. The second-order valence-electron chi connectivity index (χ2n) is 6.63. The van der Waals surface area contributed by atoms with Crippen molar-refractivity contribution in [3.05, 3.63) is 12.7 Å².